The van der Waals surface area contributed by atoms with E-state index in [1.54, 1.807) is 0 Å². The Kier molecular flexibility index (Phi) is 4.42. The summed E-state index contributed by atoms with van der Waals surface area (Å²) in [6.45, 7) is 5.24. The van der Waals surface area contributed by atoms with Gasteiger partial charge in [-0.25, -0.2) is 0 Å². The zero-order valence-corrected chi connectivity index (χ0v) is 9.45. The van der Waals surface area contributed by atoms with Gasteiger partial charge in [0.1, 0.15) is 0 Å². The lowest BCUT2D eigenvalue weighted by molar-refractivity contribution is 0.401. The van der Waals surface area contributed by atoms with Gasteiger partial charge in [0.05, 0.1) is 0 Å². The van der Waals surface area contributed by atoms with Gasteiger partial charge in [0, 0.05) is 18.0 Å². The molecule has 0 unspecified atom stereocenters. The van der Waals surface area contributed by atoms with Crippen molar-refractivity contribution in [2.24, 2.45) is 0 Å². The van der Waals surface area contributed by atoms with Crippen LogP contribution in [0.15, 0.2) is 11.4 Å². The highest BCUT2D eigenvalue weighted by atomic mass is 32.1. The van der Waals surface area contributed by atoms with Gasteiger partial charge >= 0.3 is 0 Å². The first kappa shape index (κ1) is 10.7. The van der Waals surface area contributed by atoms with Crippen LogP contribution < -0.4 is 5.32 Å². The van der Waals surface area contributed by atoms with Crippen molar-refractivity contribution in [3.8, 4) is 0 Å². The quantitative estimate of drug-likeness (QED) is 0.777. The average molecular weight is 198 g/mol. The molecule has 1 heterocycles. The van der Waals surface area contributed by atoms with E-state index >= 15 is 0 Å². The molecule has 0 aliphatic rings. The minimum absolute atomic E-state index is 1.01. The maximum absolute atomic E-state index is 3.36. The summed E-state index contributed by atoms with van der Waals surface area (Å²) in [5.74, 6) is 0. The lowest BCUT2D eigenvalue weighted by Gasteiger charge is -2.10. The molecular weight excluding hydrogens is 180 g/mol. The monoisotopic (exact) mass is 198 g/mol. The van der Waals surface area contributed by atoms with Gasteiger partial charge in [-0.1, -0.05) is 6.92 Å². The van der Waals surface area contributed by atoms with Crippen LogP contribution in [0.3, 0.4) is 0 Å². The van der Waals surface area contributed by atoms with Crippen molar-refractivity contribution in [3.05, 3.63) is 21.9 Å². The minimum Gasteiger partial charge on any atom is -0.312 e. The maximum atomic E-state index is 3.36. The van der Waals surface area contributed by atoms with E-state index in [9.17, 15) is 0 Å². The van der Waals surface area contributed by atoms with Crippen molar-refractivity contribution in [1.82, 2.24) is 10.2 Å². The molecule has 13 heavy (non-hydrogen) atoms. The van der Waals surface area contributed by atoms with E-state index in [0.29, 0.717) is 0 Å². The van der Waals surface area contributed by atoms with Crippen LogP contribution in [0, 0.1) is 0 Å². The molecule has 0 fully saturated rings. The first-order chi connectivity index (χ1) is 6.24. The average Bonchev–Trinajstić information content (AvgIpc) is 2.48. The molecule has 0 radical (unpaired) electrons. The van der Waals surface area contributed by atoms with Gasteiger partial charge in [-0.15, -0.1) is 11.3 Å². The van der Waals surface area contributed by atoms with E-state index in [1.807, 2.05) is 11.3 Å². The molecule has 2 nitrogen and oxygen atoms in total. The van der Waals surface area contributed by atoms with Crippen LogP contribution in [0.4, 0.5) is 0 Å². The third-order valence-corrected chi connectivity index (χ3v) is 2.82. The Balaban J connectivity index is 2.55. The fourth-order valence-corrected chi connectivity index (χ4v) is 2.11. The van der Waals surface area contributed by atoms with Gasteiger partial charge in [-0.2, -0.15) is 0 Å². The predicted octanol–water partition coefficient (Wildman–Crippen LogP) is 1.92. The zero-order chi connectivity index (χ0) is 9.68. The summed E-state index contributed by atoms with van der Waals surface area (Å²) >= 11 is 1.84. The van der Waals surface area contributed by atoms with Gasteiger partial charge < -0.3 is 10.2 Å². The third-order valence-electron chi connectivity index (χ3n) is 1.86. The van der Waals surface area contributed by atoms with Crippen LogP contribution in [0.1, 0.15) is 17.4 Å². The maximum Gasteiger partial charge on any atom is 0.0302 e. The van der Waals surface area contributed by atoms with Gasteiger partial charge in [0.25, 0.3) is 0 Å². The smallest absolute Gasteiger partial charge is 0.0302 e. The molecule has 0 saturated heterocycles. The van der Waals surface area contributed by atoms with Crippen LogP contribution in [0.2, 0.25) is 0 Å². The van der Waals surface area contributed by atoms with Crippen molar-refractivity contribution < 1.29 is 0 Å². The predicted molar refractivity (Wildman–Crippen MR) is 59.1 cm³/mol. The van der Waals surface area contributed by atoms with E-state index in [4.69, 9.17) is 0 Å². The normalized spacial score (nSPS) is 11.1. The second-order valence-corrected chi connectivity index (χ2v) is 4.39. The highest BCUT2D eigenvalue weighted by Crippen LogP contribution is 2.17. The topological polar surface area (TPSA) is 15.3 Å². The molecule has 3 heteroatoms. The van der Waals surface area contributed by atoms with Crippen LogP contribution >= 0.6 is 11.3 Å². The largest absolute Gasteiger partial charge is 0.312 e. The number of thiophene rings is 1. The Labute approximate surface area is 84.6 Å². The van der Waals surface area contributed by atoms with E-state index in [-0.39, 0.29) is 0 Å². The number of nitrogens with one attached hydrogen (secondary N) is 1. The molecule has 0 atom stereocenters. The van der Waals surface area contributed by atoms with Crippen molar-refractivity contribution in [2.45, 2.75) is 20.0 Å². The second kappa shape index (κ2) is 5.37. The molecule has 0 bridgehead atoms. The molecule has 74 valence electrons. The van der Waals surface area contributed by atoms with Crippen LogP contribution in [0.5, 0.6) is 0 Å². The summed E-state index contributed by atoms with van der Waals surface area (Å²) < 4.78 is 0. The van der Waals surface area contributed by atoms with Crippen molar-refractivity contribution in [1.29, 1.82) is 0 Å². The highest BCUT2D eigenvalue weighted by Gasteiger charge is 2.03. The molecule has 1 aromatic heterocycles. The first-order valence-electron chi connectivity index (χ1n) is 4.64. The second-order valence-electron chi connectivity index (χ2n) is 3.39. The Morgan fingerprint density at radius 2 is 2.23 bits per heavy atom. The molecule has 1 rings (SSSR count). The van der Waals surface area contributed by atoms with Crippen molar-refractivity contribution in [2.75, 3.05) is 20.6 Å². The Morgan fingerprint density at radius 1 is 1.46 bits per heavy atom. The SMILES string of the molecule is CCNCc1sccc1CN(C)C. The molecule has 0 aromatic carbocycles. The fourth-order valence-electron chi connectivity index (χ4n) is 1.24. The summed E-state index contributed by atoms with van der Waals surface area (Å²) in [6.07, 6.45) is 0. The van der Waals surface area contributed by atoms with Crippen LogP contribution in [0.25, 0.3) is 0 Å². The van der Waals surface area contributed by atoms with E-state index in [2.05, 4.69) is 42.7 Å². The minimum atomic E-state index is 1.01. The Morgan fingerprint density at radius 3 is 2.85 bits per heavy atom. The summed E-state index contributed by atoms with van der Waals surface area (Å²) in [5, 5.41) is 5.53. The lowest BCUT2D eigenvalue weighted by atomic mass is 10.2. The molecule has 0 saturated carbocycles. The molecule has 0 aliphatic carbocycles. The van der Waals surface area contributed by atoms with Crippen LogP contribution in [-0.4, -0.2) is 25.5 Å². The number of nitrogens with zero attached hydrogens (tertiary/aromatic N) is 1. The molecule has 0 spiro atoms. The van der Waals surface area contributed by atoms with Gasteiger partial charge in [0.15, 0.2) is 0 Å². The number of hydrogen-bond donors (Lipinski definition) is 1. The Hall–Kier alpha value is -0.380. The zero-order valence-electron chi connectivity index (χ0n) is 8.63. The molecule has 1 N–H and O–H groups in total. The van der Waals surface area contributed by atoms with E-state index in [1.165, 1.54) is 10.4 Å². The molecular formula is C10H18N2S. The lowest BCUT2D eigenvalue weighted by Crippen LogP contribution is -2.15. The molecule has 0 amide bonds. The molecule has 0 aliphatic heterocycles. The highest BCUT2D eigenvalue weighted by molar-refractivity contribution is 7.10. The standard InChI is InChI=1S/C10H18N2S/c1-4-11-7-10-9(5-6-13-10)8-12(2)3/h5-6,11H,4,7-8H2,1-3H3. The summed E-state index contributed by atoms with van der Waals surface area (Å²) in [7, 11) is 4.21. The van der Waals surface area contributed by atoms with Crippen molar-refractivity contribution >= 4 is 11.3 Å². The third kappa shape index (κ3) is 3.46. The Bertz CT molecular complexity index is 243. The summed E-state index contributed by atoms with van der Waals surface area (Å²) in [5.41, 5.74) is 1.45. The summed E-state index contributed by atoms with van der Waals surface area (Å²) in [4.78, 5) is 3.67. The van der Waals surface area contributed by atoms with Gasteiger partial charge in [-0.05, 0) is 37.6 Å². The number of hydrogen-bond acceptors (Lipinski definition) is 3. The van der Waals surface area contributed by atoms with Crippen molar-refractivity contribution in [3.63, 3.8) is 0 Å². The summed E-state index contributed by atoms with van der Waals surface area (Å²) in [6, 6.07) is 2.22. The van der Waals surface area contributed by atoms with E-state index in [0.717, 1.165) is 19.6 Å². The van der Waals surface area contributed by atoms with Crippen LogP contribution in [-0.2, 0) is 13.1 Å². The van der Waals surface area contributed by atoms with Gasteiger partial charge in [0.2, 0.25) is 0 Å². The first-order valence-corrected chi connectivity index (χ1v) is 5.52. The van der Waals surface area contributed by atoms with E-state index < -0.39 is 0 Å². The number of rotatable bonds is 5. The van der Waals surface area contributed by atoms with Gasteiger partial charge in [-0.3, -0.25) is 0 Å². The fraction of sp³-hybridized carbons (Fsp3) is 0.600. The molecule has 1 aromatic rings.